The Morgan fingerprint density at radius 3 is 2.50 bits per heavy atom. The van der Waals surface area contributed by atoms with Gasteiger partial charge in [0, 0.05) is 22.9 Å². The molecule has 4 rings (SSSR count). The summed E-state index contributed by atoms with van der Waals surface area (Å²) < 4.78 is 5.93. The number of aromatic nitrogens is 2. The Labute approximate surface area is 164 Å². The van der Waals surface area contributed by atoms with Crippen molar-refractivity contribution < 1.29 is 9.21 Å². The van der Waals surface area contributed by atoms with Crippen molar-refractivity contribution in [3.05, 3.63) is 60.0 Å². The van der Waals surface area contributed by atoms with E-state index in [9.17, 15) is 4.79 Å². The smallest absolute Gasteiger partial charge is 0.323 e. The van der Waals surface area contributed by atoms with Crippen molar-refractivity contribution in [2.75, 3.05) is 10.6 Å². The van der Waals surface area contributed by atoms with Gasteiger partial charge in [-0.15, -0.1) is 10.2 Å². The van der Waals surface area contributed by atoms with Gasteiger partial charge in [0.1, 0.15) is 0 Å². The molecule has 0 bridgehead atoms. The van der Waals surface area contributed by atoms with Gasteiger partial charge in [0.25, 0.3) is 0 Å². The summed E-state index contributed by atoms with van der Waals surface area (Å²) in [5.41, 5.74) is 3.35. The molecule has 28 heavy (non-hydrogen) atoms. The van der Waals surface area contributed by atoms with Gasteiger partial charge < -0.3 is 15.1 Å². The summed E-state index contributed by atoms with van der Waals surface area (Å²) in [6, 6.07) is 14.8. The van der Waals surface area contributed by atoms with Gasteiger partial charge >= 0.3 is 6.03 Å². The van der Waals surface area contributed by atoms with E-state index in [1.54, 1.807) is 0 Å². The van der Waals surface area contributed by atoms with Crippen molar-refractivity contribution in [2.45, 2.75) is 44.9 Å². The van der Waals surface area contributed by atoms with E-state index in [-0.39, 0.29) is 6.03 Å². The molecule has 0 spiro atoms. The highest BCUT2D eigenvalue weighted by molar-refractivity contribution is 6.00. The highest BCUT2D eigenvalue weighted by Gasteiger charge is 2.21. The summed E-state index contributed by atoms with van der Waals surface area (Å²) in [6.45, 7) is 2.01. The van der Waals surface area contributed by atoms with Crippen molar-refractivity contribution in [2.24, 2.45) is 0 Å². The van der Waals surface area contributed by atoms with Crippen molar-refractivity contribution in [1.82, 2.24) is 10.2 Å². The number of carbonyl (C=O) groups is 1. The molecule has 0 atom stereocenters. The number of benzene rings is 2. The van der Waals surface area contributed by atoms with E-state index in [0.29, 0.717) is 17.5 Å². The number of anilines is 2. The van der Waals surface area contributed by atoms with Crippen LogP contribution in [-0.2, 0) is 0 Å². The largest absolute Gasteiger partial charge is 0.420 e. The third-order valence-corrected chi connectivity index (χ3v) is 5.07. The maximum Gasteiger partial charge on any atom is 0.323 e. The average Bonchev–Trinajstić information content (AvgIpc) is 3.21. The standard InChI is InChI=1S/C22H24N4O2/c1-15-10-12-18(13-11-15)23-22(27)24-19-9-5-8-17(14-19)21-26-25-20(28-21)16-6-3-2-4-7-16/h5,8-14,16H,2-4,6-7H2,1H3,(H2,23,24,27). The van der Waals surface area contributed by atoms with Crippen LogP contribution in [0, 0.1) is 6.92 Å². The topological polar surface area (TPSA) is 80.0 Å². The van der Waals surface area contributed by atoms with Crippen LogP contribution >= 0.6 is 0 Å². The molecular weight excluding hydrogens is 352 g/mol. The number of carbonyl (C=O) groups excluding carboxylic acids is 1. The van der Waals surface area contributed by atoms with Crippen molar-refractivity contribution in [3.63, 3.8) is 0 Å². The van der Waals surface area contributed by atoms with Crippen LogP contribution in [0.3, 0.4) is 0 Å². The molecule has 6 nitrogen and oxygen atoms in total. The van der Waals surface area contributed by atoms with Crippen molar-refractivity contribution >= 4 is 17.4 Å². The zero-order valence-electron chi connectivity index (χ0n) is 15.9. The Kier molecular flexibility index (Phi) is 5.37. The molecule has 144 valence electrons. The second-order valence-corrected chi connectivity index (χ2v) is 7.31. The minimum atomic E-state index is -0.297. The fourth-order valence-electron chi connectivity index (χ4n) is 3.53. The number of nitrogens with one attached hydrogen (secondary N) is 2. The van der Waals surface area contributed by atoms with Gasteiger partial charge in [-0.05, 0) is 50.1 Å². The lowest BCUT2D eigenvalue weighted by Crippen LogP contribution is -2.19. The predicted octanol–water partition coefficient (Wildman–Crippen LogP) is 5.74. The number of aryl methyl sites for hydroxylation is 1. The quantitative estimate of drug-likeness (QED) is 0.609. The number of hydrogen-bond donors (Lipinski definition) is 2. The van der Waals surface area contributed by atoms with Gasteiger partial charge in [0.15, 0.2) is 0 Å². The molecule has 1 aliphatic carbocycles. The van der Waals surface area contributed by atoms with Gasteiger partial charge in [0.05, 0.1) is 0 Å². The van der Waals surface area contributed by atoms with Crippen molar-refractivity contribution in [1.29, 1.82) is 0 Å². The Bertz CT molecular complexity index is 943. The SMILES string of the molecule is Cc1ccc(NC(=O)Nc2cccc(-c3nnc(C4CCCCC4)o3)c2)cc1. The fraction of sp³-hybridized carbons (Fsp3) is 0.318. The van der Waals surface area contributed by atoms with Crippen LogP contribution in [0.1, 0.15) is 49.5 Å². The molecule has 3 aromatic rings. The normalized spacial score (nSPS) is 14.6. The molecule has 0 aliphatic heterocycles. The molecule has 0 radical (unpaired) electrons. The van der Waals surface area contributed by atoms with Crippen LogP contribution in [0.5, 0.6) is 0 Å². The zero-order valence-corrected chi connectivity index (χ0v) is 15.9. The minimum Gasteiger partial charge on any atom is -0.420 e. The predicted molar refractivity (Wildman–Crippen MR) is 109 cm³/mol. The van der Waals surface area contributed by atoms with Crippen LogP contribution in [0.2, 0.25) is 0 Å². The third kappa shape index (κ3) is 4.39. The molecule has 2 amide bonds. The van der Waals surface area contributed by atoms with Crippen LogP contribution in [0.25, 0.3) is 11.5 Å². The summed E-state index contributed by atoms with van der Waals surface area (Å²) in [5.74, 6) is 1.59. The maximum atomic E-state index is 12.3. The molecule has 6 heteroatoms. The van der Waals surface area contributed by atoms with E-state index < -0.39 is 0 Å². The van der Waals surface area contributed by atoms with E-state index in [4.69, 9.17) is 4.42 Å². The van der Waals surface area contributed by atoms with Crippen LogP contribution < -0.4 is 10.6 Å². The van der Waals surface area contributed by atoms with E-state index >= 15 is 0 Å². The lowest BCUT2D eigenvalue weighted by atomic mass is 9.89. The Balaban J connectivity index is 1.43. The lowest BCUT2D eigenvalue weighted by Gasteiger charge is -2.17. The van der Waals surface area contributed by atoms with Gasteiger partial charge in [-0.2, -0.15) is 0 Å². The van der Waals surface area contributed by atoms with Crippen LogP contribution in [-0.4, -0.2) is 16.2 Å². The molecule has 1 aromatic heterocycles. The molecule has 1 fully saturated rings. The van der Waals surface area contributed by atoms with Gasteiger partial charge in [-0.25, -0.2) is 4.79 Å². The molecular formula is C22H24N4O2. The molecule has 1 heterocycles. The summed E-state index contributed by atoms with van der Waals surface area (Å²) >= 11 is 0. The third-order valence-electron chi connectivity index (χ3n) is 5.07. The number of rotatable bonds is 4. The Morgan fingerprint density at radius 1 is 0.964 bits per heavy atom. The first-order valence-electron chi connectivity index (χ1n) is 9.76. The molecule has 0 saturated heterocycles. The highest BCUT2D eigenvalue weighted by Crippen LogP contribution is 2.33. The van der Waals surface area contributed by atoms with Crippen LogP contribution in [0.4, 0.5) is 16.2 Å². The number of nitrogens with zero attached hydrogens (tertiary/aromatic N) is 2. The zero-order chi connectivity index (χ0) is 19.3. The molecule has 2 aromatic carbocycles. The van der Waals surface area contributed by atoms with Crippen LogP contribution in [0.15, 0.2) is 52.9 Å². The second kappa shape index (κ2) is 8.25. The van der Waals surface area contributed by atoms with Crippen molar-refractivity contribution in [3.8, 4) is 11.5 Å². The highest BCUT2D eigenvalue weighted by atomic mass is 16.4. The molecule has 1 saturated carbocycles. The first-order valence-corrected chi connectivity index (χ1v) is 9.76. The number of hydrogen-bond acceptors (Lipinski definition) is 4. The first-order chi connectivity index (χ1) is 13.7. The molecule has 2 N–H and O–H groups in total. The maximum absolute atomic E-state index is 12.3. The summed E-state index contributed by atoms with van der Waals surface area (Å²) in [7, 11) is 0. The number of urea groups is 1. The van der Waals surface area contributed by atoms with E-state index in [1.807, 2.05) is 55.5 Å². The van der Waals surface area contributed by atoms with E-state index in [1.165, 1.54) is 19.3 Å². The Hall–Kier alpha value is -3.15. The Morgan fingerprint density at radius 2 is 1.71 bits per heavy atom. The van der Waals surface area contributed by atoms with Gasteiger partial charge in [-0.1, -0.05) is 43.0 Å². The summed E-state index contributed by atoms with van der Waals surface area (Å²) in [6.07, 6.45) is 5.95. The summed E-state index contributed by atoms with van der Waals surface area (Å²) in [5, 5.41) is 14.1. The number of amides is 2. The van der Waals surface area contributed by atoms with Gasteiger partial charge in [-0.3, -0.25) is 0 Å². The summed E-state index contributed by atoms with van der Waals surface area (Å²) in [4.78, 5) is 12.3. The lowest BCUT2D eigenvalue weighted by molar-refractivity contribution is 0.262. The minimum absolute atomic E-state index is 0.297. The second-order valence-electron chi connectivity index (χ2n) is 7.31. The molecule has 1 aliphatic rings. The van der Waals surface area contributed by atoms with E-state index in [0.717, 1.165) is 35.5 Å². The van der Waals surface area contributed by atoms with Gasteiger partial charge in [0.2, 0.25) is 11.8 Å². The average molecular weight is 376 g/mol. The van der Waals surface area contributed by atoms with E-state index in [2.05, 4.69) is 20.8 Å². The molecule has 0 unspecified atom stereocenters. The monoisotopic (exact) mass is 376 g/mol. The fourth-order valence-corrected chi connectivity index (χ4v) is 3.53. The first kappa shape index (κ1) is 18.2.